The second-order valence-electron chi connectivity index (χ2n) is 7.02. The highest BCUT2D eigenvalue weighted by Gasteiger charge is 2.33. The Bertz CT molecular complexity index is 992. The summed E-state index contributed by atoms with van der Waals surface area (Å²) in [6.45, 7) is 2.41. The Hall–Kier alpha value is -2.03. The Morgan fingerprint density at radius 1 is 1.24 bits per heavy atom. The van der Waals surface area contributed by atoms with Crippen LogP contribution in [0.4, 0.5) is 5.69 Å². The van der Waals surface area contributed by atoms with Crippen LogP contribution in [0.5, 0.6) is 5.75 Å². The first-order valence-electron chi connectivity index (χ1n) is 9.45. The Morgan fingerprint density at radius 2 is 2.00 bits per heavy atom. The molecule has 1 atom stereocenters. The summed E-state index contributed by atoms with van der Waals surface area (Å²) >= 11 is 1.56. The minimum atomic E-state index is -3.67. The van der Waals surface area contributed by atoms with Crippen LogP contribution in [0.2, 0.25) is 0 Å². The third-order valence-electron chi connectivity index (χ3n) is 5.12. The molecule has 1 amide bonds. The molecule has 2 aromatic carbocycles. The molecule has 3 rings (SSSR count). The number of methoxy groups -OCH3 is 1. The third-order valence-corrected chi connectivity index (χ3v) is 7.78. The molecule has 1 unspecified atom stereocenters. The van der Waals surface area contributed by atoms with Crippen molar-refractivity contribution in [2.45, 2.75) is 29.6 Å². The molecule has 0 aliphatic carbocycles. The number of piperidine rings is 1. The Balaban J connectivity index is 1.76. The maximum Gasteiger partial charge on any atom is 0.243 e. The van der Waals surface area contributed by atoms with Crippen LogP contribution in [-0.4, -0.2) is 45.1 Å². The summed E-state index contributed by atoms with van der Waals surface area (Å²) in [5.41, 5.74) is 1.52. The summed E-state index contributed by atoms with van der Waals surface area (Å²) in [5, 5.41) is 2.97. The van der Waals surface area contributed by atoms with Crippen molar-refractivity contribution in [3.05, 3.63) is 48.0 Å². The molecule has 1 N–H and O–H groups in total. The fraction of sp³-hybridized carbons (Fsp3) is 0.381. The van der Waals surface area contributed by atoms with Crippen LogP contribution in [-0.2, 0) is 14.8 Å². The Kier molecular flexibility index (Phi) is 6.87. The quantitative estimate of drug-likeness (QED) is 0.701. The molecule has 1 aliphatic rings. The van der Waals surface area contributed by atoms with Crippen LogP contribution >= 0.6 is 11.8 Å². The summed E-state index contributed by atoms with van der Waals surface area (Å²) in [4.78, 5) is 14.0. The smallest absolute Gasteiger partial charge is 0.243 e. The van der Waals surface area contributed by atoms with Gasteiger partial charge in [0, 0.05) is 18.0 Å². The van der Waals surface area contributed by atoms with Crippen LogP contribution < -0.4 is 10.1 Å². The number of carbonyl (C=O) groups excluding carboxylic acids is 1. The van der Waals surface area contributed by atoms with Gasteiger partial charge in [0.15, 0.2) is 0 Å². The number of amides is 1. The predicted molar refractivity (Wildman–Crippen MR) is 116 cm³/mol. The van der Waals surface area contributed by atoms with E-state index in [1.165, 1.54) is 4.31 Å². The van der Waals surface area contributed by atoms with E-state index in [2.05, 4.69) is 5.32 Å². The highest BCUT2D eigenvalue weighted by molar-refractivity contribution is 7.98. The van der Waals surface area contributed by atoms with Gasteiger partial charge in [0.05, 0.1) is 23.6 Å². The van der Waals surface area contributed by atoms with Gasteiger partial charge in [-0.1, -0.05) is 12.1 Å². The molecule has 0 aromatic heterocycles. The van der Waals surface area contributed by atoms with Gasteiger partial charge in [0.2, 0.25) is 15.9 Å². The lowest BCUT2D eigenvalue weighted by Gasteiger charge is -2.31. The normalized spacial score (nSPS) is 17.7. The lowest BCUT2D eigenvalue weighted by molar-refractivity contribution is -0.120. The average molecular weight is 435 g/mol. The molecule has 1 saturated heterocycles. The lowest BCUT2D eigenvalue weighted by Crippen LogP contribution is -2.43. The van der Waals surface area contributed by atoms with Crippen molar-refractivity contribution in [3.63, 3.8) is 0 Å². The number of rotatable bonds is 6. The number of carbonyl (C=O) groups is 1. The average Bonchev–Trinajstić information content (AvgIpc) is 2.74. The van der Waals surface area contributed by atoms with E-state index in [9.17, 15) is 13.2 Å². The number of hydrogen-bond donors (Lipinski definition) is 1. The summed E-state index contributed by atoms with van der Waals surface area (Å²) in [6, 6.07) is 12.4. The molecule has 0 spiro atoms. The number of sulfonamides is 1. The van der Waals surface area contributed by atoms with Crippen molar-refractivity contribution < 1.29 is 17.9 Å². The third kappa shape index (κ3) is 4.76. The van der Waals surface area contributed by atoms with Crippen LogP contribution in [0.3, 0.4) is 0 Å². The van der Waals surface area contributed by atoms with Gasteiger partial charge in [-0.25, -0.2) is 8.42 Å². The number of para-hydroxylation sites is 1. The molecule has 29 heavy (non-hydrogen) atoms. The summed E-state index contributed by atoms with van der Waals surface area (Å²) in [5.74, 6) is 0.123. The van der Waals surface area contributed by atoms with E-state index in [1.54, 1.807) is 37.1 Å². The first-order chi connectivity index (χ1) is 13.9. The van der Waals surface area contributed by atoms with E-state index in [-0.39, 0.29) is 23.3 Å². The van der Waals surface area contributed by atoms with E-state index >= 15 is 0 Å². The number of aryl methyl sites for hydroxylation is 1. The van der Waals surface area contributed by atoms with Crippen LogP contribution in [0, 0.1) is 12.8 Å². The highest BCUT2D eigenvalue weighted by atomic mass is 32.2. The monoisotopic (exact) mass is 434 g/mol. The minimum absolute atomic E-state index is 0.141. The molecule has 1 aliphatic heterocycles. The molecule has 0 bridgehead atoms. The molecule has 156 valence electrons. The molecule has 1 fully saturated rings. The lowest BCUT2D eigenvalue weighted by atomic mass is 9.99. The van der Waals surface area contributed by atoms with E-state index in [1.807, 2.05) is 37.4 Å². The number of nitrogens with zero attached hydrogens (tertiary/aromatic N) is 1. The Morgan fingerprint density at radius 3 is 2.69 bits per heavy atom. The van der Waals surface area contributed by atoms with Gasteiger partial charge in [-0.2, -0.15) is 4.31 Å². The number of thioether (sulfide) groups is 1. The summed E-state index contributed by atoms with van der Waals surface area (Å²) in [6.07, 6.45) is 3.27. The SMILES string of the molecule is COc1ccc(S(=O)(=O)N2CCCC(C(=O)Nc3ccccc3SC)C2)cc1C. The zero-order valence-electron chi connectivity index (χ0n) is 16.8. The van der Waals surface area contributed by atoms with Crippen molar-refractivity contribution in [3.8, 4) is 5.75 Å². The first-order valence-corrected chi connectivity index (χ1v) is 12.1. The van der Waals surface area contributed by atoms with Crippen molar-refractivity contribution >= 4 is 33.4 Å². The van der Waals surface area contributed by atoms with Crippen LogP contribution in [0.25, 0.3) is 0 Å². The van der Waals surface area contributed by atoms with Gasteiger partial charge in [-0.15, -0.1) is 11.8 Å². The van der Waals surface area contributed by atoms with Crippen LogP contribution in [0.1, 0.15) is 18.4 Å². The minimum Gasteiger partial charge on any atom is -0.496 e. The number of ether oxygens (including phenoxy) is 1. The zero-order chi connectivity index (χ0) is 21.0. The fourth-order valence-electron chi connectivity index (χ4n) is 3.52. The topological polar surface area (TPSA) is 75.7 Å². The van der Waals surface area contributed by atoms with Gasteiger partial charge in [0.25, 0.3) is 0 Å². The van der Waals surface area contributed by atoms with Gasteiger partial charge in [0.1, 0.15) is 5.75 Å². The summed E-state index contributed by atoms with van der Waals surface area (Å²) in [7, 11) is -2.11. The molecular formula is C21H26N2O4S2. The fourth-order valence-corrected chi connectivity index (χ4v) is 5.68. The van der Waals surface area contributed by atoms with Crippen molar-refractivity contribution in [1.29, 1.82) is 0 Å². The molecule has 2 aromatic rings. The van der Waals surface area contributed by atoms with Gasteiger partial charge < -0.3 is 10.1 Å². The Labute approximate surface area is 176 Å². The van der Waals surface area contributed by atoms with E-state index < -0.39 is 10.0 Å². The number of nitrogens with one attached hydrogen (secondary N) is 1. The van der Waals surface area contributed by atoms with Crippen molar-refractivity contribution in [2.24, 2.45) is 5.92 Å². The van der Waals surface area contributed by atoms with Crippen molar-refractivity contribution in [2.75, 3.05) is 31.8 Å². The molecular weight excluding hydrogens is 408 g/mol. The molecule has 6 nitrogen and oxygen atoms in total. The van der Waals surface area contributed by atoms with E-state index in [0.717, 1.165) is 16.1 Å². The first kappa shape index (κ1) is 21.7. The zero-order valence-corrected chi connectivity index (χ0v) is 18.5. The van der Waals surface area contributed by atoms with Gasteiger partial charge >= 0.3 is 0 Å². The number of hydrogen-bond acceptors (Lipinski definition) is 5. The van der Waals surface area contributed by atoms with Gasteiger partial charge in [-0.3, -0.25) is 4.79 Å². The van der Waals surface area contributed by atoms with Crippen LogP contribution in [0.15, 0.2) is 52.3 Å². The standard InChI is InChI=1S/C21H26N2O4S2/c1-15-13-17(10-11-19(15)27-2)29(25,26)23-12-6-7-16(14-23)21(24)22-18-8-4-5-9-20(18)28-3/h4-5,8-11,13,16H,6-7,12,14H2,1-3H3,(H,22,24). The van der Waals surface area contributed by atoms with Crippen molar-refractivity contribution in [1.82, 2.24) is 4.31 Å². The largest absolute Gasteiger partial charge is 0.496 e. The van der Waals surface area contributed by atoms with Gasteiger partial charge in [-0.05, 0) is 61.9 Å². The summed E-state index contributed by atoms with van der Waals surface area (Å²) < 4.78 is 32.9. The molecule has 1 heterocycles. The molecule has 0 saturated carbocycles. The number of anilines is 1. The second kappa shape index (κ2) is 9.19. The second-order valence-corrected chi connectivity index (χ2v) is 9.81. The van der Waals surface area contributed by atoms with E-state index in [0.29, 0.717) is 25.1 Å². The maximum absolute atomic E-state index is 13.1. The molecule has 8 heteroatoms. The number of benzene rings is 2. The predicted octanol–water partition coefficient (Wildman–Crippen LogP) is 3.76. The molecule has 0 radical (unpaired) electrons. The van der Waals surface area contributed by atoms with E-state index in [4.69, 9.17) is 4.74 Å². The maximum atomic E-state index is 13.1. The highest BCUT2D eigenvalue weighted by Crippen LogP contribution is 2.29.